The van der Waals surface area contributed by atoms with Crippen molar-refractivity contribution in [2.24, 2.45) is 0 Å². The molecular weight excluding hydrogens is 252 g/mol. The fourth-order valence-electron chi connectivity index (χ4n) is 1.48. The van der Waals surface area contributed by atoms with Gasteiger partial charge >= 0.3 is 0 Å². The Morgan fingerprint density at radius 1 is 1.39 bits per heavy atom. The van der Waals surface area contributed by atoms with Crippen LogP contribution in [0.1, 0.15) is 5.56 Å². The second-order valence-corrected chi connectivity index (χ2v) is 4.34. The first-order chi connectivity index (χ1) is 8.72. The van der Waals surface area contributed by atoms with Crippen LogP contribution >= 0.6 is 11.6 Å². The third kappa shape index (κ3) is 6.59. The lowest BCUT2D eigenvalue weighted by Gasteiger charge is -2.06. The van der Waals surface area contributed by atoms with Crippen molar-refractivity contribution in [3.63, 3.8) is 0 Å². The van der Waals surface area contributed by atoms with Crippen LogP contribution in [0.25, 0.3) is 0 Å². The number of rotatable bonds is 8. The van der Waals surface area contributed by atoms with E-state index in [-0.39, 0.29) is 5.91 Å². The van der Waals surface area contributed by atoms with Crippen molar-refractivity contribution in [3.8, 4) is 0 Å². The van der Waals surface area contributed by atoms with Crippen LogP contribution in [0.5, 0.6) is 0 Å². The van der Waals surface area contributed by atoms with Gasteiger partial charge < -0.3 is 15.4 Å². The maximum absolute atomic E-state index is 11.3. The number of halogens is 1. The van der Waals surface area contributed by atoms with Crippen LogP contribution in [0.4, 0.5) is 0 Å². The van der Waals surface area contributed by atoms with Gasteiger partial charge in [0.15, 0.2) is 0 Å². The Labute approximate surface area is 113 Å². The predicted molar refractivity (Wildman–Crippen MR) is 72.9 cm³/mol. The van der Waals surface area contributed by atoms with E-state index in [1.165, 1.54) is 0 Å². The standard InChI is InChI=1S/C13H19ClN2O2/c1-18-8-7-16-13(17)10-15-6-5-11-3-2-4-12(14)9-11/h2-4,9,15H,5-8,10H2,1H3,(H,16,17). The Hall–Kier alpha value is -1.10. The van der Waals surface area contributed by atoms with Gasteiger partial charge in [-0.05, 0) is 30.7 Å². The summed E-state index contributed by atoms with van der Waals surface area (Å²) < 4.78 is 4.84. The summed E-state index contributed by atoms with van der Waals surface area (Å²) in [5, 5.41) is 6.57. The zero-order chi connectivity index (χ0) is 13.2. The van der Waals surface area contributed by atoms with E-state index in [0.717, 1.165) is 23.6 Å². The molecule has 0 aromatic heterocycles. The number of ether oxygens (including phenoxy) is 1. The maximum Gasteiger partial charge on any atom is 0.234 e. The molecule has 0 aliphatic rings. The molecule has 1 aromatic rings. The molecule has 0 radical (unpaired) electrons. The summed E-state index contributed by atoms with van der Waals surface area (Å²) in [6.45, 7) is 2.15. The highest BCUT2D eigenvalue weighted by Gasteiger charge is 1.99. The lowest BCUT2D eigenvalue weighted by molar-refractivity contribution is -0.120. The molecule has 5 heteroatoms. The zero-order valence-electron chi connectivity index (χ0n) is 10.5. The minimum atomic E-state index is -0.0156. The number of hydrogen-bond donors (Lipinski definition) is 2. The molecule has 0 unspecified atom stereocenters. The average molecular weight is 271 g/mol. The average Bonchev–Trinajstić information content (AvgIpc) is 2.35. The van der Waals surface area contributed by atoms with E-state index < -0.39 is 0 Å². The Bertz CT molecular complexity index is 372. The fraction of sp³-hybridized carbons (Fsp3) is 0.462. The Balaban J connectivity index is 2.09. The summed E-state index contributed by atoms with van der Waals surface area (Å²) >= 11 is 5.88. The number of hydrogen-bond acceptors (Lipinski definition) is 3. The lowest BCUT2D eigenvalue weighted by atomic mass is 10.1. The van der Waals surface area contributed by atoms with Crippen LogP contribution in [0, 0.1) is 0 Å². The molecule has 0 spiro atoms. The van der Waals surface area contributed by atoms with Crippen LogP contribution in [-0.2, 0) is 16.0 Å². The Morgan fingerprint density at radius 2 is 2.22 bits per heavy atom. The summed E-state index contributed by atoms with van der Waals surface area (Å²) in [4.78, 5) is 11.3. The minimum Gasteiger partial charge on any atom is -0.383 e. The summed E-state index contributed by atoms with van der Waals surface area (Å²) in [7, 11) is 1.61. The van der Waals surface area contributed by atoms with E-state index in [1.54, 1.807) is 7.11 Å². The maximum atomic E-state index is 11.3. The molecule has 1 aromatic carbocycles. The van der Waals surface area contributed by atoms with Gasteiger partial charge in [0.05, 0.1) is 13.2 Å². The molecule has 0 aliphatic carbocycles. The van der Waals surface area contributed by atoms with Crippen LogP contribution in [0.3, 0.4) is 0 Å². The van der Waals surface area contributed by atoms with E-state index in [4.69, 9.17) is 16.3 Å². The molecule has 0 aliphatic heterocycles. The second kappa shape index (κ2) is 8.91. The topological polar surface area (TPSA) is 50.4 Å². The van der Waals surface area contributed by atoms with Gasteiger partial charge in [-0.15, -0.1) is 0 Å². The van der Waals surface area contributed by atoms with Gasteiger partial charge in [0, 0.05) is 18.7 Å². The van der Waals surface area contributed by atoms with Crippen molar-refractivity contribution in [1.82, 2.24) is 10.6 Å². The first-order valence-electron chi connectivity index (χ1n) is 5.93. The molecule has 0 saturated heterocycles. The van der Waals surface area contributed by atoms with E-state index >= 15 is 0 Å². The van der Waals surface area contributed by atoms with Gasteiger partial charge in [-0.25, -0.2) is 0 Å². The van der Waals surface area contributed by atoms with E-state index in [2.05, 4.69) is 10.6 Å². The number of carbonyl (C=O) groups excluding carboxylic acids is 1. The molecule has 1 amide bonds. The van der Waals surface area contributed by atoms with E-state index in [9.17, 15) is 4.79 Å². The SMILES string of the molecule is COCCNC(=O)CNCCc1cccc(Cl)c1. The van der Waals surface area contributed by atoms with Crippen molar-refractivity contribution in [1.29, 1.82) is 0 Å². The molecule has 0 heterocycles. The minimum absolute atomic E-state index is 0.0156. The summed E-state index contributed by atoms with van der Waals surface area (Å²) in [6, 6.07) is 7.73. The van der Waals surface area contributed by atoms with Crippen molar-refractivity contribution in [2.45, 2.75) is 6.42 Å². The highest BCUT2D eigenvalue weighted by molar-refractivity contribution is 6.30. The third-order valence-electron chi connectivity index (χ3n) is 2.39. The van der Waals surface area contributed by atoms with Crippen molar-refractivity contribution in [2.75, 3.05) is 33.4 Å². The number of carbonyl (C=O) groups is 1. The van der Waals surface area contributed by atoms with Crippen LogP contribution in [-0.4, -0.2) is 39.3 Å². The highest BCUT2D eigenvalue weighted by Crippen LogP contribution is 2.10. The van der Waals surface area contributed by atoms with Crippen molar-refractivity contribution in [3.05, 3.63) is 34.9 Å². The largest absolute Gasteiger partial charge is 0.383 e. The van der Waals surface area contributed by atoms with Gasteiger partial charge in [-0.1, -0.05) is 23.7 Å². The molecule has 1 rings (SSSR count). The molecule has 2 N–H and O–H groups in total. The van der Waals surface area contributed by atoms with E-state index in [1.807, 2.05) is 24.3 Å². The van der Waals surface area contributed by atoms with Crippen LogP contribution in [0.2, 0.25) is 5.02 Å². The summed E-state index contributed by atoms with van der Waals surface area (Å²) in [5.41, 5.74) is 1.16. The molecule has 0 atom stereocenters. The molecule has 18 heavy (non-hydrogen) atoms. The fourth-order valence-corrected chi connectivity index (χ4v) is 1.70. The number of nitrogens with one attached hydrogen (secondary N) is 2. The van der Waals surface area contributed by atoms with Crippen LogP contribution in [0.15, 0.2) is 24.3 Å². The first-order valence-corrected chi connectivity index (χ1v) is 6.31. The van der Waals surface area contributed by atoms with Gasteiger partial charge in [-0.3, -0.25) is 4.79 Å². The van der Waals surface area contributed by atoms with Crippen molar-refractivity contribution >= 4 is 17.5 Å². The lowest BCUT2D eigenvalue weighted by Crippen LogP contribution is -2.36. The number of amides is 1. The van der Waals surface area contributed by atoms with Gasteiger partial charge in [0.1, 0.15) is 0 Å². The van der Waals surface area contributed by atoms with Gasteiger partial charge in [0.2, 0.25) is 5.91 Å². The monoisotopic (exact) mass is 270 g/mol. The summed E-state index contributed by atoms with van der Waals surface area (Å²) in [6.07, 6.45) is 0.853. The molecule has 0 saturated carbocycles. The Morgan fingerprint density at radius 3 is 2.94 bits per heavy atom. The van der Waals surface area contributed by atoms with Crippen molar-refractivity contribution < 1.29 is 9.53 Å². The first kappa shape index (κ1) is 15.0. The number of benzene rings is 1. The molecular formula is C13H19ClN2O2. The molecule has 0 fully saturated rings. The van der Waals surface area contributed by atoms with Gasteiger partial charge in [-0.2, -0.15) is 0 Å². The number of methoxy groups -OCH3 is 1. The Kier molecular flexibility index (Phi) is 7.41. The quantitative estimate of drug-likeness (QED) is 0.699. The van der Waals surface area contributed by atoms with Crippen LogP contribution < -0.4 is 10.6 Å². The normalized spacial score (nSPS) is 10.3. The second-order valence-electron chi connectivity index (χ2n) is 3.90. The smallest absolute Gasteiger partial charge is 0.234 e. The molecule has 0 bridgehead atoms. The highest BCUT2D eigenvalue weighted by atomic mass is 35.5. The molecule has 100 valence electrons. The molecule has 4 nitrogen and oxygen atoms in total. The summed E-state index contributed by atoms with van der Waals surface area (Å²) in [5.74, 6) is -0.0156. The predicted octanol–water partition coefficient (Wildman–Crippen LogP) is 1.23. The zero-order valence-corrected chi connectivity index (χ0v) is 11.3. The van der Waals surface area contributed by atoms with E-state index in [0.29, 0.717) is 19.7 Å². The third-order valence-corrected chi connectivity index (χ3v) is 2.63. The van der Waals surface area contributed by atoms with Gasteiger partial charge in [0.25, 0.3) is 0 Å².